The van der Waals surface area contributed by atoms with E-state index in [-0.39, 0.29) is 11.9 Å². The van der Waals surface area contributed by atoms with Crippen molar-refractivity contribution < 1.29 is 18.7 Å². The van der Waals surface area contributed by atoms with Crippen molar-refractivity contribution in [3.8, 4) is 11.5 Å². The van der Waals surface area contributed by atoms with Crippen molar-refractivity contribution in [3.63, 3.8) is 0 Å². The summed E-state index contributed by atoms with van der Waals surface area (Å²) in [4.78, 5) is 14.9. The summed E-state index contributed by atoms with van der Waals surface area (Å²) in [5.41, 5.74) is 1.96. The van der Waals surface area contributed by atoms with E-state index in [0.29, 0.717) is 24.3 Å². The number of aryl methyl sites for hydroxylation is 1. The summed E-state index contributed by atoms with van der Waals surface area (Å²) in [5, 5.41) is 1.08. The summed E-state index contributed by atoms with van der Waals surface area (Å²) in [6.45, 7) is 0.790. The van der Waals surface area contributed by atoms with Crippen LogP contribution in [0.25, 0.3) is 11.0 Å². The molecule has 0 radical (unpaired) electrons. The second kappa shape index (κ2) is 7.97. The van der Waals surface area contributed by atoms with E-state index in [9.17, 15) is 4.79 Å². The maximum Gasteiger partial charge on any atom is 0.223 e. The van der Waals surface area contributed by atoms with Crippen LogP contribution in [-0.4, -0.2) is 31.6 Å². The minimum absolute atomic E-state index is 0.0861. The van der Waals surface area contributed by atoms with Gasteiger partial charge in [0.1, 0.15) is 11.3 Å². The highest BCUT2D eigenvalue weighted by molar-refractivity contribution is 5.79. The van der Waals surface area contributed by atoms with Gasteiger partial charge in [-0.05, 0) is 42.7 Å². The number of likely N-dealkylation sites (tertiary alicyclic amines) is 1. The van der Waals surface area contributed by atoms with Crippen molar-refractivity contribution in [2.75, 3.05) is 20.8 Å². The van der Waals surface area contributed by atoms with Gasteiger partial charge in [0.25, 0.3) is 0 Å². The first-order valence-corrected chi connectivity index (χ1v) is 9.68. The molecule has 1 amide bonds. The summed E-state index contributed by atoms with van der Waals surface area (Å²) < 4.78 is 16.6. The normalized spacial score (nSPS) is 16.5. The van der Waals surface area contributed by atoms with Crippen molar-refractivity contribution in [2.24, 2.45) is 0 Å². The number of para-hydroxylation sites is 1. The molecule has 5 nitrogen and oxygen atoms in total. The Balaban J connectivity index is 1.46. The highest BCUT2D eigenvalue weighted by atomic mass is 16.5. The zero-order valence-electron chi connectivity index (χ0n) is 16.3. The summed E-state index contributed by atoms with van der Waals surface area (Å²) in [7, 11) is 3.26. The molecule has 2 aromatic carbocycles. The molecule has 5 heteroatoms. The number of ether oxygens (including phenoxy) is 2. The van der Waals surface area contributed by atoms with E-state index in [4.69, 9.17) is 13.9 Å². The van der Waals surface area contributed by atoms with Crippen molar-refractivity contribution >= 4 is 16.9 Å². The van der Waals surface area contributed by atoms with Crippen LogP contribution in [-0.2, 0) is 11.2 Å². The molecule has 146 valence electrons. The lowest BCUT2D eigenvalue weighted by molar-refractivity contribution is -0.132. The topological polar surface area (TPSA) is 51.9 Å². The van der Waals surface area contributed by atoms with E-state index < -0.39 is 0 Å². The molecule has 3 aromatic rings. The first-order chi connectivity index (χ1) is 13.7. The molecule has 0 spiro atoms. The second-order valence-electron chi connectivity index (χ2n) is 7.11. The zero-order valence-corrected chi connectivity index (χ0v) is 16.3. The molecular weight excluding hydrogens is 354 g/mol. The van der Waals surface area contributed by atoms with Gasteiger partial charge in [0.15, 0.2) is 11.5 Å². The fraction of sp³-hybridized carbons (Fsp3) is 0.348. The Bertz CT molecular complexity index is 945. The van der Waals surface area contributed by atoms with Gasteiger partial charge < -0.3 is 18.8 Å². The number of methoxy groups -OCH3 is 2. The number of fused-ring (bicyclic) bond motifs is 1. The first-order valence-electron chi connectivity index (χ1n) is 9.68. The minimum Gasteiger partial charge on any atom is -0.493 e. The lowest BCUT2D eigenvalue weighted by Crippen LogP contribution is -2.30. The molecule has 1 aliphatic heterocycles. The molecule has 0 unspecified atom stereocenters. The van der Waals surface area contributed by atoms with Crippen LogP contribution in [0, 0.1) is 0 Å². The molecule has 0 bridgehead atoms. The van der Waals surface area contributed by atoms with E-state index in [1.165, 1.54) is 0 Å². The molecule has 1 fully saturated rings. The predicted octanol–water partition coefficient (Wildman–Crippen LogP) is 4.75. The van der Waals surface area contributed by atoms with Crippen LogP contribution in [0.15, 0.2) is 52.9 Å². The van der Waals surface area contributed by atoms with E-state index >= 15 is 0 Å². The highest BCUT2D eigenvalue weighted by Gasteiger charge is 2.30. The molecule has 0 N–H and O–H groups in total. The van der Waals surface area contributed by atoms with Gasteiger partial charge in [-0.25, -0.2) is 0 Å². The van der Waals surface area contributed by atoms with Crippen LogP contribution in [0.4, 0.5) is 0 Å². The zero-order chi connectivity index (χ0) is 19.5. The second-order valence-corrected chi connectivity index (χ2v) is 7.11. The number of carbonyl (C=O) groups is 1. The molecular formula is C23H25NO4. The fourth-order valence-corrected chi connectivity index (χ4v) is 4.01. The van der Waals surface area contributed by atoms with Crippen LogP contribution in [0.5, 0.6) is 11.5 Å². The standard InChI is InChI=1S/C23H25NO4/c1-26-21-11-9-16(15-22(21)27-2)19-7-5-13-24(19)23(25)12-10-18-14-17-6-3-4-8-20(17)28-18/h3-4,6,8-9,11,14-15,19H,5,7,10,12-13H2,1-2H3/t19-/m0/s1. The van der Waals surface area contributed by atoms with Crippen LogP contribution in [0.2, 0.25) is 0 Å². The van der Waals surface area contributed by atoms with Gasteiger partial charge in [-0.1, -0.05) is 24.3 Å². The van der Waals surface area contributed by atoms with Gasteiger partial charge in [0.05, 0.1) is 20.3 Å². The van der Waals surface area contributed by atoms with Crippen molar-refractivity contribution in [2.45, 2.75) is 31.7 Å². The summed E-state index contributed by atoms with van der Waals surface area (Å²) in [6, 6.07) is 15.9. The SMILES string of the molecule is COc1ccc([C@@H]2CCCN2C(=O)CCc2cc3ccccc3o2)cc1OC. The Morgan fingerprint density at radius 1 is 1.11 bits per heavy atom. The summed E-state index contributed by atoms with van der Waals surface area (Å²) >= 11 is 0. The molecule has 1 saturated heterocycles. The molecule has 0 aliphatic carbocycles. The third kappa shape index (κ3) is 3.57. The smallest absolute Gasteiger partial charge is 0.223 e. The largest absolute Gasteiger partial charge is 0.493 e. The average molecular weight is 379 g/mol. The summed E-state index contributed by atoms with van der Waals surface area (Å²) in [6.07, 6.45) is 3.04. The number of benzene rings is 2. The van der Waals surface area contributed by atoms with E-state index in [2.05, 4.69) is 0 Å². The van der Waals surface area contributed by atoms with E-state index in [0.717, 1.165) is 41.7 Å². The lowest BCUT2D eigenvalue weighted by atomic mass is 10.0. The minimum atomic E-state index is 0.0861. The number of rotatable bonds is 6. The number of furan rings is 1. The third-order valence-corrected chi connectivity index (χ3v) is 5.43. The highest BCUT2D eigenvalue weighted by Crippen LogP contribution is 2.37. The average Bonchev–Trinajstić information content (AvgIpc) is 3.38. The van der Waals surface area contributed by atoms with Gasteiger partial charge >= 0.3 is 0 Å². The van der Waals surface area contributed by atoms with Crippen LogP contribution < -0.4 is 9.47 Å². The van der Waals surface area contributed by atoms with Crippen LogP contribution >= 0.6 is 0 Å². The quantitative estimate of drug-likeness (QED) is 0.620. The molecule has 28 heavy (non-hydrogen) atoms. The Morgan fingerprint density at radius 2 is 1.93 bits per heavy atom. The monoisotopic (exact) mass is 379 g/mol. The van der Waals surface area contributed by atoms with Gasteiger partial charge in [-0.15, -0.1) is 0 Å². The Morgan fingerprint density at radius 3 is 2.71 bits per heavy atom. The van der Waals surface area contributed by atoms with Crippen molar-refractivity contribution in [3.05, 3.63) is 59.9 Å². The fourth-order valence-electron chi connectivity index (χ4n) is 4.01. The Hall–Kier alpha value is -2.95. The number of nitrogens with zero attached hydrogens (tertiary/aromatic N) is 1. The molecule has 2 heterocycles. The molecule has 0 saturated carbocycles. The number of amides is 1. The first kappa shape index (κ1) is 18.4. The maximum atomic E-state index is 12.9. The van der Waals surface area contributed by atoms with Crippen molar-refractivity contribution in [1.82, 2.24) is 4.90 Å². The Labute approximate surface area is 164 Å². The van der Waals surface area contributed by atoms with Gasteiger partial charge in [-0.2, -0.15) is 0 Å². The molecule has 1 atom stereocenters. The molecule has 1 aliphatic rings. The lowest BCUT2D eigenvalue weighted by Gasteiger charge is -2.25. The predicted molar refractivity (Wildman–Crippen MR) is 108 cm³/mol. The van der Waals surface area contributed by atoms with E-state index in [1.54, 1.807) is 14.2 Å². The molecule has 4 rings (SSSR count). The van der Waals surface area contributed by atoms with Crippen molar-refractivity contribution in [1.29, 1.82) is 0 Å². The van der Waals surface area contributed by atoms with E-state index in [1.807, 2.05) is 53.4 Å². The van der Waals surface area contributed by atoms with Crippen LogP contribution in [0.3, 0.4) is 0 Å². The molecule has 1 aromatic heterocycles. The Kier molecular flexibility index (Phi) is 5.24. The van der Waals surface area contributed by atoms with Gasteiger partial charge in [-0.3, -0.25) is 4.79 Å². The van der Waals surface area contributed by atoms with Gasteiger partial charge in [0, 0.05) is 24.8 Å². The maximum absolute atomic E-state index is 12.9. The third-order valence-electron chi connectivity index (χ3n) is 5.43. The van der Waals surface area contributed by atoms with Gasteiger partial charge in [0.2, 0.25) is 5.91 Å². The summed E-state index contributed by atoms with van der Waals surface area (Å²) in [5.74, 6) is 2.42. The van der Waals surface area contributed by atoms with Crippen LogP contribution in [0.1, 0.15) is 36.6 Å². The number of carbonyl (C=O) groups excluding carboxylic acids is 1. The number of hydrogen-bond donors (Lipinski definition) is 0. The number of hydrogen-bond acceptors (Lipinski definition) is 4.